The van der Waals surface area contributed by atoms with Crippen LogP contribution in [-0.2, 0) is 11.2 Å². The molecule has 1 fully saturated rings. The first-order valence-electron chi connectivity index (χ1n) is 6.87. The Kier molecular flexibility index (Phi) is 3.89. The van der Waals surface area contributed by atoms with E-state index in [1.807, 2.05) is 12.1 Å². The number of carbonyl (C=O) groups excluding carboxylic acids is 1. The van der Waals surface area contributed by atoms with Crippen molar-refractivity contribution in [2.24, 2.45) is 5.92 Å². The molecular weight excluding hydrogens is 306 g/mol. The van der Waals surface area contributed by atoms with Crippen LogP contribution in [-0.4, -0.2) is 36.9 Å². The highest BCUT2D eigenvalue weighted by Crippen LogP contribution is 2.31. The van der Waals surface area contributed by atoms with Crippen molar-refractivity contribution in [2.75, 3.05) is 19.6 Å². The van der Waals surface area contributed by atoms with Crippen molar-refractivity contribution in [1.29, 1.82) is 0 Å². The summed E-state index contributed by atoms with van der Waals surface area (Å²) in [6, 6.07) is 6.19. The lowest BCUT2D eigenvalue weighted by Crippen LogP contribution is -2.41. The van der Waals surface area contributed by atoms with E-state index < -0.39 is 0 Å². The van der Waals surface area contributed by atoms with Gasteiger partial charge in [-0.15, -0.1) is 0 Å². The van der Waals surface area contributed by atoms with E-state index in [1.165, 1.54) is 5.56 Å². The third kappa shape index (κ3) is 3.00. The van der Waals surface area contributed by atoms with E-state index in [1.54, 1.807) is 0 Å². The molecule has 2 aliphatic rings. The number of nitrogens with zero attached hydrogens (tertiary/aromatic N) is 1. The van der Waals surface area contributed by atoms with E-state index >= 15 is 0 Å². The number of piperidine rings is 1. The third-order valence-electron chi connectivity index (χ3n) is 3.96. The van der Waals surface area contributed by atoms with Crippen molar-refractivity contribution in [3.05, 3.63) is 28.2 Å². The summed E-state index contributed by atoms with van der Waals surface area (Å²) < 4.78 is 7.09. The smallest absolute Gasteiger partial charge is 0.124 e. The summed E-state index contributed by atoms with van der Waals surface area (Å²) in [6.45, 7) is 2.91. The van der Waals surface area contributed by atoms with Crippen LogP contribution in [0.5, 0.6) is 5.75 Å². The molecule has 2 heterocycles. The first-order valence-corrected chi connectivity index (χ1v) is 7.66. The van der Waals surface area contributed by atoms with E-state index in [0.717, 1.165) is 55.4 Å². The maximum absolute atomic E-state index is 10.9. The lowest BCUT2D eigenvalue weighted by atomic mass is 9.99. The molecule has 2 aliphatic heterocycles. The lowest BCUT2D eigenvalue weighted by Gasteiger charge is -2.31. The monoisotopic (exact) mass is 323 g/mol. The molecule has 2 unspecified atom stereocenters. The summed E-state index contributed by atoms with van der Waals surface area (Å²) >= 11 is 3.50. The van der Waals surface area contributed by atoms with Crippen molar-refractivity contribution in [1.82, 2.24) is 4.90 Å². The van der Waals surface area contributed by atoms with E-state index in [2.05, 4.69) is 26.9 Å². The van der Waals surface area contributed by atoms with Gasteiger partial charge in [0.25, 0.3) is 0 Å². The molecule has 0 aromatic heterocycles. The first kappa shape index (κ1) is 13.1. The zero-order valence-electron chi connectivity index (χ0n) is 10.8. The molecule has 0 radical (unpaired) electrons. The van der Waals surface area contributed by atoms with Crippen molar-refractivity contribution in [3.63, 3.8) is 0 Å². The highest BCUT2D eigenvalue weighted by molar-refractivity contribution is 9.10. The predicted octanol–water partition coefficient (Wildman–Crippen LogP) is 2.66. The Bertz CT molecular complexity index is 477. The maximum Gasteiger partial charge on any atom is 0.124 e. The predicted molar refractivity (Wildman–Crippen MR) is 77.5 cm³/mol. The number of benzene rings is 1. The molecule has 3 nitrogen and oxygen atoms in total. The van der Waals surface area contributed by atoms with Gasteiger partial charge in [-0.2, -0.15) is 0 Å². The number of rotatable bonds is 3. The fraction of sp³-hybridized carbons (Fsp3) is 0.533. The molecular formula is C15H18BrNO2. The van der Waals surface area contributed by atoms with Gasteiger partial charge in [-0.25, -0.2) is 0 Å². The van der Waals surface area contributed by atoms with Gasteiger partial charge in [0.2, 0.25) is 0 Å². The second-order valence-corrected chi connectivity index (χ2v) is 6.41. The standard InChI is InChI=1S/C15H18BrNO2/c16-13-3-4-15-12(6-13)7-14(19-15)9-17-5-1-2-11(8-17)10-18/h3-4,6,10-11,14H,1-2,5,7-9H2. The summed E-state index contributed by atoms with van der Waals surface area (Å²) in [4.78, 5) is 13.3. The molecule has 0 N–H and O–H groups in total. The number of carbonyl (C=O) groups is 1. The summed E-state index contributed by atoms with van der Waals surface area (Å²) in [5, 5.41) is 0. The number of ether oxygens (including phenoxy) is 1. The van der Waals surface area contributed by atoms with Gasteiger partial charge in [-0.05, 0) is 43.1 Å². The van der Waals surface area contributed by atoms with Crippen LogP contribution >= 0.6 is 15.9 Å². The number of likely N-dealkylation sites (tertiary alicyclic amines) is 1. The Morgan fingerprint density at radius 1 is 1.47 bits per heavy atom. The maximum atomic E-state index is 10.9. The van der Waals surface area contributed by atoms with Gasteiger partial charge < -0.3 is 9.53 Å². The molecule has 2 atom stereocenters. The number of hydrogen-bond acceptors (Lipinski definition) is 3. The van der Waals surface area contributed by atoms with Crippen LogP contribution in [0.3, 0.4) is 0 Å². The minimum absolute atomic E-state index is 0.215. The van der Waals surface area contributed by atoms with Crippen molar-refractivity contribution in [2.45, 2.75) is 25.4 Å². The van der Waals surface area contributed by atoms with Gasteiger partial charge in [-0.1, -0.05) is 15.9 Å². The molecule has 0 aliphatic carbocycles. The van der Waals surface area contributed by atoms with Crippen molar-refractivity contribution in [3.8, 4) is 5.75 Å². The molecule has 0 bridgehead atoms. The quantitative estimate of drug-likeness (QED) is 0.801. The summed E-state index contributed by atoms with van der Waals surface area (Å²) in [5.74, 6) is 1.23. The first-order chi connectivity index (χ1) is 9.24. The Hall–Kier alpha value is -0.870. The van der Waals surface area contributed by atoms with Crippen molar-refractivity contribution >= 4 is 22.2 Å². The molecule has 0 saturated carbocycles. The SMILES string of the molecule is O=CC1CCCN(CC2Cc3cc(Br)ccc3O2)C1. The number of fused-ring (bicyclic) bond motifs is 1. The minimum atomic E-state index is 0.215. The van der Waals surface area contributed by atoms with Crippen LogP contribution in [0, 0.1) is 5.92 Å². The number of hydrogen-bond donors (Lipinski definition) is 0. The molecule has 0 spiro atoms. The zero-order chi connectivity index (χ0) is 13.2. The van der Waals surface area contributed by atoms with Gasteiger partial charge in [0.1, 0.15) is 18.1 Å². The molecule has 1 saturated heterocycles. The largest absolute Gasteiger partial charge is 0.488 e. The molecule has 3 rings (SSSR count). The van der Waals surface area contributed by atoms with E-state index in [4.69, 9.17) is 4.74 Å². The molecule has 4 heteroatoms. The fourth-order valence-electron chi connectivity index (χ4n) is 3.05. The Balaban J connectivity index is 1.59. The van der Waals surface area contributed by atoms with Gasteiger partial charge >= 0.3 is 0 Å². The average Bonchev–Trinajstić information content (AvgIpc) is 2.80. The second kappa shape index (κ2) is 5.63. The van der Waals surface area contributed by atoms with Crippen molar-refractivity contribution < 1.29 is 9.53 Å². The van der Waals surface area contributed by atoms with E-state index in [-0.39, 0.29) is 12.0 Å². The summed E-state index contributed by atoms with van der Waals surface area (Å²) in [6.07, 6.45) is 4.47. The molecule has 0 amide bonds. The highest BCUT2D eigenvalue weighted by Gasteiger charge is 2.27. The fourth-order valence-corrected chi connectivity index (χ4v) is 3.46. The Morgan fingerprint density at radius 3 is 3.21 bits per heavy atom. The van der Waals surface area contributed by atoms with Crippen LogP contribution in [0.1, 0.15) is 18.4 Å². The molecule has 102 valence electrons. The normalized spacial score (nSPS) is 26.8. The van der Waals surface area contributed by atoms with Crippen LogP contribution in [0.15, 0.2) is 22.7 Å². The second-order valence-electron chi connectivity index (χ2n) is 5.49. The topological polar surface area (TPSA) is 29.5 Å². The van der Waals surface area contributed by atoms with Crippen LogP contribution in [0.2, 0.25) is 0 Å². The van der Waals surface area contributed by atoms with Gasteiger partial charge in [-0.3, -0.25) is 4.90 Å². The lowest BCUT2D eigenvalue weighted by molar-refractivity contribution is -0.112. The Labute approximate surface area is 122 Å². The Morgan fingerprint density at radius 2 is 2.37 bits per heavy atom. The van der Waals surface area contributed by atoms with Gasteiger partial charge in [0, 0.05) is 29.9 Å². The molecule has 1 aromatic rings. The van der Waals surface area contributed by atoms with Crippen LogP contribution in [0.4, 0.5) is 0 Å². The third-order valence-corrected chi connectivity index (χ3v) is 4.45. The summed E-state index contributed by atoms with van der Waals surface area (Å²) in [5.41, 5.74) is 1.28. The molecule has 19 heavy (non-hydrogen) atoms. The summed E-state index contributed by atoms with van der Waals surface area (Å²) in [7, 11) is 0. The highest BCUT2D eigenvalue weighted by atomic mass is 79.9. The van der Waals surface area contributed by atoms with Gasteiger partial charge in [0.15, 0.2) is 0 Å². The minimum Gasteiger partial charge on any atom is -0.488 e. The zero-order valence-corrected chi connectivity index (χ0v) is 12.4. The molecule has 1 aromatic carbocycles. The van der Waals surface area contributed by atoms with Gasteiger partial charge in [0.05, 0.1) is 0 Å². The number of halogens is 1. The van der Waals surface area contributed by atoms with Crippen LogP contribution in [0.25, 0.3) is 0 Å². The van der Waals surface area contributed by atoms with E-state index in [0.29, 0.717) is 0 Å². The van der Waals surface area contributed by atoms with E-state index in [9.17, 15) is 4.79 Å². The van der Waals surface area contributed by atoms with Crippen LogP contribution < -0.4 is 4.74 Å². The average molecular weight is 324 g/mol. The number of aldehydes is 1.